The standard InChI is InChI=1S/C13H19NO3S2/c1-19(16,17)14-5-2-3-11(9-14)7-13(15)8-12-4-6-18-10-12/h4,6,10-11H,2-3,5,7-9H2,1H3. The van der Waals surface area contributed by atoms with Gasteiger partial charge in [0, 0.05) is 25.9 Å². The van der Waals surface area contributed by atoms with Crippen molar-refractivity contribution >= 4 is 27.1 Å². The molecule has 0 bridgehead atoms. The molecule has 19 heavy (non-hydrogen) atoms. The van der Waals surface area contributed by atoms with Gasteiger partial charge < -0.3 is 0 Å². The minimum absolute atomic E-state index is 0.176. The Kier molecular flexibility index (Phi) is 4.76. The molecule has 0 radical (unpaired) electrons. The smallest absolute Gasteiger partial charge is 0.211 e. The van der Waals surface area contributed by atoms with Crippen molar-refractivity contribution in [3.63, 3.8) is 0 Å². The Balaban J connectivity index is 1.87. The molecule has 1 unspecified atom stereocenters. The van der Waals surface area contributed by atoms with E-state index in [2.05, 4.69) is 0 Å². The molecule has 0 aromatic carbocycles. The van der Waals surface area contributed by atoms with Crippen LogP contribution in [0.4, 0.5) is 0 Å². The second-order valence-corrected chi connectivity index (χ2v) is 7.94. The number of rotatable bonds is 5. The largest absolute Gasteiger partial charge is 0.299 e. The maximum Gasteiger partial charge on any atom is 0.211 e. The van der Waals surface area contributed by atoms with Crippen LogP contribution in [0.3, 0.4) is 0 Å². The zero-order valence-electron chi connectivity index (χ0n) is 11.0. The topological polar surface area (TPSA) is 54.5 Å². The van der Waals surface area contributed by atoms with Crippen molar-refractivity contribution in [1.29, 1.82) is 0 Å². The SMILES string of the molecule is CS(=O)(=O)N1CCCC(CC(=O)Cc2ccsc2)C1. The van der Waals surface area contributed by atoms with Crippen molar-refractivity contribution in [3.8, 4) is 0 Å². The second kappa shape index (κ2) is 6.15. The Labute approximate surface area is 118 Å². The van der Waals surface area contributed by atoms with Gasteiger partial charge in [0.1, 0.15) is 5.78 Å². The van der Waals surface area contributed by atoms with Gasteiger partial charge in [-0.2, -0.15) is 11.3 Å². The highest BCUT2D eigenvalue weighted by Gasteiger charge is 2.27. The molecule has 106 valence electrons. The lowest BCUT2D eigenvalue weighted by molar-refractivity contribution is -0.119. The summed E-state index contributed by atoms with van der Waals surface area (Å²) in [7, 11) is -3.12. The number of Topliss-reactive ketones (excluding diaryl/α,β-unsaturated/α-hetero) is 1. The average Bonchev–Trinajstić information content (AvgIpc) is 2.80. The van der Waals surface area contributed by atoms with Gasteiger partial charge in [0.2, 0.25) is 10.0 Å². The number of carbonyl (C=O) groups excluding carboxylic acids is 1. The third-order valence-electron chi connectivity index (χ3n) is 3.45. The Morgan fingerprint density at radius 2 is 2.32 bits per heavy atom. The molecule has 0 spiro atoms. The molecule has 1 aromatic heterocycles. The van der Waals surface area contributed by atoms with Crippen molar-refractivity contribution in [2.45, 2.75) is 25.7 Å². The lowest BCUT2D eigenvalue weighted by Gasteiger charge is -2.30. The van der Waals surface area contributed by atoms with Gasteiger partial charge >= 0.3 is 0 Å². The van der Waals surface area contributed by atoms with E-state index in [1.165, 1.54) is 10.6 Å². The minimum atomic E-state index is -3.12. The van der Waals surface area contributed by atoms with E-state index in [0.717, 1.165) is 18.4 Å². The van der Waals surface area contributed by atoms with E-state index in [-0.39, 0.29) is 11.7 Å². The maximum atomic E-state index is 12.0. The first-order valence-corrected chi connectivity index (χ1v) is 9.22. The number of piperidine rings is 1. The third kappa shape index (κ3) is 4.40. The molecule has 0 aliphatic carbocycles. The van der Waals surface area contributed by atoms with Crippen molar-refractivity contribution < 1.29 is 13.2 Å². The minimum Gasteiger partial charge on any atom is -0.299 e. The van der Waals surface area contributed by atoms with Gasteiger partial charge in [-0.15, -0.1) is 0 Å². The Morgan fingerprint density at radius 1 is 1.53 bits per heavy atom. The number of hydrogen-bond acceptors (Lipinski definition) is 4. The number of sulfonamides is 1. The van der Waals surface area contributed by atoms with Gasteiger partial charge in [-0.3, -0.25) is 4.79 Å². The van der Waals surface area contributed by atoms with Gasteiger partial charge in [-0.1, -0.05) is 0 Å². The summed E-state index contributed by atoms with van der Waals surface area (Å²) >= 11 is 1.59. The van der Waals surface area contributed by atoms with Crippen LogP contribution in [0.2, 0.25) is 0 Å². The fraction of sp³-hybridized carbons (Fsp3) is 0.615. The number of carbonyl (C=O) groups is 1. The molecule has 1 saturated heterocycles. The molecule has 0 saturated carbocycles. The fourth-order valence-electron chi connectivity index (χ4n) is 2.51. The first kappa shape index (κ1) is 14.7. The summed E-state index contributed by atoms with van der Waals surface area (Å²) in [6, 6.07) is 1.96. The predicted octanol–water partition coefficient (Wildman–Crippen LogP) is 1.92. The Morgan fingerprint density at radius 3 is 2.95 bits per heavy atom. The van der Waals surface area contributed by atoms with Crippen LogP contribution >= 0.6 is 11.3 Å². The predicted molar refractivity (Wildman–Crippen MR) is 76.8 cm³/mol. The Bertz CT molecular complexity index is 522. The van der Waals surface area contributed by atoms with E-state index in [1.54, 1.807) is 11.3 Å². The fourth-order valence-corrected chi connectivity index (χ4v) is 4.12. The quantitative estimate of drug-likeness (QED) is 0.835. The molecule has 1 atom stereocenters. The van der Waals surface area contributed by atoms with Crippen molar-refractivity contribution in [3.05, 3.63) is 22.4 Å². The van der Waals surface area contributed by atoms with Crippen LogP contribution in [0.15, 0.2) is 16.8 Å². The lowest BCUT2D eigenvalue weighted by Crippen LogP contribution is -2.39. The van der Waals surface area contributed by atoms with Crippen LogP contribution < -0.4 is 0 Å². The molecular formula is C13H19NO3S2. The van der Waals surface area contributed by atoms with Gasteiger partial charge in [-0.05, 0) is 41.1 Å². The Hall–Kier alpha value is -0.720. The van der Waals surface area contributed by atoms with Gasteiger partial charge in [0.05, 0.1) is 6.26 Å². The van der Waals surface area contributed by atoms with Crippen LogP contribution in [-0.4, -0.2) is 37.9 Å². The van der Waals surface area contributed by atoms with Crippen molar-refractivity contribution in [2.75, 3.05) is 19.3 Å². The highest BCUT2D eigenvalue weighted by atomic mass is 32.2. The zero-order chi connectivity index (χ0) is 13.9. The van der Waals surface area contributed by atoms with Gasteiger partial charge in [0.15, 0.2) is 0 Å². The summed E-state index contributed by atoms with van der Waals surface area (Å²) in [5.41, 5.74) is 1.06. The van der Waals surface area contributed by atoms with E-state index in [4.69, 9.17) is 0 Å². The third-order valence-corrected chi connectivity index (χ3v) is 5.45. The van der Waals surface area contributed by atoms with Crippen LogP contribution in [0, 0.1) is 5.92 Å². The van der Waals surface area contributed by atoms with Crippen LogP contribution in [0.1, 0.15) is 24.8 Å². The van der Waals surface area contributed by atoms with E-state index in [0.29, 0.717) is 25.9 Å². The summed E-state index contributed by atoms with van der Waals surface area (Å²) in [6.45, 7) is 1.09. The molecular weight excluding hydrogens is 282 g/mol. The highest BCUT2D eigenvalue weighted by molar-refractivity contribution is 7.88. The molecule has 6 heteroatoms. The molecule has 1 aromatic rings. The first-order valence-electron chi connectivity index (χ1n) is 6.43. The molecule has 2 heterocycles. The normalized spacial score (nSPS) is 21.4. The number of hydrogen-bond donors (Lipinski definition) is 0. The summed E-state index contributed by atoms with van der Waals surface area (Å²) < 4.78 is 24.5. The summed E-state index contributed by atoms with van der Waals surface area (Å²) in [5, 5.41) is 3.95. The molecule has 2 rings (SSSR count). The summed E-state index contributed by atoms with van der Waals surface area (Å²) in [4.78, 5) is 12.0. The zero-order valence-corrected chi connectivity index (χ0v) is 12.7. The van der Waals surface area contributed by atoms with Gasteiger partial charge in [0.25, 0.3) is 0 Å². The first-order chi connectivity index (χ1) is 8.95. The number of ketones is 1. The van der Waals surface area contributed by atoms with E-state index in [9.17, 15) is 13.2 Å². The summed E-state index contributed by atoms with van der Waals surface area (Å²) in [5.74, 6) is 0.383. The van der Waals surface area contributed by atoms with Crippen LogP contribution in [-0.2, 0) is 21.2 Å². The van der Waals surface area contributed by atoms with E-state index >= 15 is 0 Å². The van der Waals surface area contributed by atoms with Crippen LogP contribution in [0.5, 0.6) is 0 Å². The van der Waals surface area contributed by atoms with E-state index < -0.39 is 10.0 Å². The highest BCUT2D eigenvalue weighted by Crippen LogP contribution is 2.22. The number of thiophene rings is 1. The molecule has 4 nitrogen and oxygen atoms in total. The summed E-state index contributed by atoms with van der Waals surface area (Å²) in [6.07, 6.45) is 3.99. The molecule has 1 fully saturated rings. The average molecular weight is 301 g/mol. The van der Waals surface area contributed by atoms with Crippen molar-refractivity contribution in [1.82, 2.24) is 4.31 Å². The molecule has 1 aliphatic heterocycles. The van der Waals surface area contributed by atoms with Crippen LogP contribution in [0.25, 0.3) is 0 Å². The second-order valence-electron chi connectivity index (χ2n) is 5.18. The molecule has 1 aliphatic rings. The van der Waals surface area contributed by atoms with Gasteiger partial charge in [-0.25, -0.2) is 12.7 Å². The monoisotopic (exact) mass is 301 g/mol. The molecule has 0 amide bonds. The number of nitrogens with zero attached hydrogens (tertiary/aromatic N) is 1. The maximum absolute atomic E-state index is 12.0. The molecule has 0 N–H and O–H groups in total. The lowest BCUT2D eigenvalue weighted by atomic mass is 9.92. The van der Waals surface area contributed by atoms with E-state index in [1.807, 2.05) is 16.8 Å². The van der Waals surface area contributed by atoms with Crippen molar-refractivity contribution in [2.24, 2.45) is 5.92 Å².